The van der Waals surface area contributed by atoms with E-state index in [1.165, 1.54) is 12.8 Å². The molecule has 0 aliphatic heterocycles. The van der Waals surface area contributed by atoms with Crippen LogP contribution in [0.25, 0.3) is 0 Å². The normalized spacial score (nSPS) is 37.1. The molecule has 2 fully saturated rings. The number of carbonyl (C=O) groups is 1. The number of nitrogens with two attached hydrogens (primary N) is 1. The van der Waals surface area contributed by atoms with Crippen LogP contribution in [0.1, 0.15) is 33.1 Å². The summed E-state index contributed by atoms with van der Waals surface area (Å²) in [7, 11) is 0. The van der Waals surface area contributed by atoms with E-state index in [1.54, 1.807) is 0 Å². The van der Waals surface area contributed by atoms with Crippen molar-refractivity contribution < 1.29 is 9.53 Å². The summed E-state index contributed by atoms with van der Waals surface area (Å²) in [5, 5.41) is 3.03. The summed E-state index contributed by atoms with van der Waals surface area (Å²) in [4.78, 5) is 12.2. The highest BCUT2D eigenvalue weighted by Gasteiger charge is 2.49. The highest BCUT2D eigenvalue weighted by atomic mass is 16.5. The van der Waals surface area contributed by atoms with Gasteiger partial charge in [-0.3, -0.25) is 4.79 Å². The monoisotopic (exact) mass is 240 g/mol. The third-order valence-corrected chi connectivity index (χ3v) is 4.24. The van der Waals surface area contributed by atoms with Gasteiger partial charge in [-0.05, 0) is 44.9 Å². The first-order valence-electron chi connectivity index (χ1n) is 6.77. The zero-order valence-electron chi connectivity index (χ0n) is 10.8. The maximum atomic E-state index is 12.2. The Balaban J connectivity index is 1.84. The number of amides is 1. The largest absolute Gasteiger partial charge is 0.380 e. The minimum atomic E-state index is 0.0397. The highest BCUT2D eigenvalue weighted by Crippen LogP contribution is 2.47. The van der Waals surface area contributed by atoms with Crippen molar-refractivity contribution in [2.75, 3.05) is 13.2 Å². The van der Waals surface area contributed by atoms with Crippen molar-refractivity contribution in [3.05, 3.63) is 0 Å². The Morgan fingerprint density at radius 1 is 1.47 bits per heavy atom. The summed E-state index contributed by atoms with van der Waals surface area (Å²) >= 11 is 0. The maximum Gasteiger partial charge on any atom is 0.225 e. The fourth-order valence-corrected chi connectivity index (χ4v) is 3.40. The van der Waals surface area contributed by atoms with Gasteiger partial charge in [0, 0.05) is 18.7 Å². The second kappa shape index (κ2) is 5.36. The van der Waals surface area contributed by atoms with E-state index in [0.29, 0.717) is 25.0 Å². The van der Waals surface area contributed by atoms with Gasteiger partial charge in [-0.25, -0.2) is 0 Å². The van der Waals surface area contributed by atoms with E-state index in [1.807, 2.05) is 13.8 Å². The Kier molecular flexibility index (Phi) is 4.05. The first-order valence-corrected chi connectivity index (χ1v) is 6.77. The van der Waals surface area contributed by atoms with Gasteiger partial charge in [0.1, 0.15) is 0 Å². The number of rotatable bonds is 5. The van der Waals surface area contributed by atoms with E-state index in [9.17, 15) is 4.79 Å². The predicted octanol–water partition coefficient (Wildman–Crippen LogP) is 0.901. The van der Waals surface area contributed by atoms with Gasteiger partial charge in [0.15, 0.2) is 0 Å². The molecule has 17 heavy (non-hydrogen) atoms. The number of carbonyl (C=O) groups excluding carboxylic acids is 1. The Hall–Kier alpha value is -0.610. The van der Waals surface area contributed by atoms with Gasteiger partial charge in [0.2, 0.25) is 5.91 Å². The first-order chi connectivity index (χ1) is 8.13. The molecule has 0 radical (unpaired) electrons. The SMILES string of the molecule is CCOCC(C)NC(=O)C1C2CCC(C2)C1N. The molecule has 0 aromatic rings. The second-order valence-corrected chi connectivity index (χ2v) is 5.51. The molecule has 2 saturated carbocycles. The maximum absolute atomic E-state index is 12.2. The summed E-state index contributed by atoms with van der Waals surface area (Å²) in [5.41, 5.74) is 6.15. The summed E-state index contributed by atoms with van der Waals surface area (Å²) in [5.74, 6) is 1.28. The number of ether oxygens (including phenoxy) is 1. The number of nitrogens with one attached hydrogen (secondary N) is 1. The lowest BCUT2D eigenvalue weighted by atomic mass is 9.84. The molecule has 0 spiro atoms. The van der Waals surface area contributed by atoms with Crippen molar-refractivity contribution in [1.29, 1.82) is 0 Å². The van der Waals surface area contributed by atoms with Crippen molar-refractivity contribution in [3.63, 3.8) is 0 Å². The Labute approximate surface area is 103 Å². The van der Waals surface area contributed by atoms with E-state index in [2.05, 4.69) is 5.32 Å². The van der Waals surface area contributed by atoms with Crippen LogP contribution in [0, 0.1) is 17.8 Å². The van der Waals surface area contributed by atoms with Crippen LogP contribution in [0.4, 0.5) is 0 Å². The van der Waals surface area contributed by atoms with Crippen LogP contribution in [0.2, 0.25) is 0 Å². The lowest BCUT2D eigenvalue weighted by Crippen LogP contribution is -2.48. The topological polar surface area (TPSA) is 64.3 Å². The average Bonchev–Trinajstić information content (AvgIpc) is 2.86. The number of fused-ring (bicyclic) bond motifs is 2. The van der Waals surface area contributed by atoms with E-state index >= 15 is 0 Å². The van der Waals surface area contributed by atoms with E-state index in [4.69, 9.17) is 10.5 Å². The van der Waals surface area contributed by atoms with Crippen molar-refractivity contribution in [2.45, 2.75) is 45.2 Å². The number of hydrogen-bond acceptors (Lipinski definition) is 3. The van der Waals surface area contributed by atoms with E-state index in [0.717, 1.165) is 6.42 Å². The summed E-state index contributed by atoms with van der Waals surface area (Å²) < 4.78 is 5.30. The van der Waals surface area contributed by atoms with Crippen molar-refractivity contribution in [1.82, 2.24) is 5.32 Å². The lowest BCUT2D eigenvalue weighted by Gasteiger charge is -2.28. The van der Waals surface area contributed by atoms with Crippen LogP contribution in [0.3, 0.4) is 0 Å². The molecule has 2 aliphatic rings. The quantitative estimate of drug-likeness (QED) is 0.750. The van der Waals surface area contributed by atoms with Crippen molar-refractivity contribution in [3.8, 4) is 0 Å². The molecule has 98 valence electrons. The van der Waals surface area contributed by atoms with E-state index < -0.39 is 0 Å². The zero-order chi connectivity index (χ0) is 12.4. The molecule has 4 nitrogen and oxygen atoms in total. The molecule has 5 atom stereocenters. The van der Waals surface area contributed by atoms with Crippen LogP contribution >= 0.6 is 0 Å². The molecule has 0 aromatic carbocycles. The van der Waals surface area contributed by atoms with Crippen LogP contribution in [-0.2, 0) is 9.53 Å². The van der Waals surface area contributed by atoms with Crippen LogP contribution < -0.4 is 11.1 Å². The fraction of sp³-hybridized carbons (Fsp3) is 0.923. The van der Waals surface area contributed by atoms with Gasteiger partial charge in [-0.15, -0.1) is 0 Å². The van der Waals surface area contributed by atoms with Gasteiger partial charge in [-0.1, -0.05) is 0 Å². The molecule has 4 heteroatoms. The smallest absolute Gasteiger partial charge is 0.225 e. The van der Waals surface area contributed by atoms with Gasteiger partial charge in [0.05, 0.1) is 12.5 Å². The van der Waals surface area contributed by atoms with Crippen LogP contribution in [0.5, 0.6) is 0 Å². The van der Waals surface area contributed by atoms with Crippen molar-refractivity contribution >= 4 is 5.91 Å². The van der Waals surface area contributed by atoms with Gasteiger partial charge < -0.3 is 15.8 Å². The molecule has 1 amide bonds. The molecule has 0 aromatic heterocycles. The molecule has 3 N–H and O–H groups in total. The third kappa shape index (κ3) is 2.63. The molecule has 2 aliphatic carbocycles. The molecular formula is C13H24N2O2. The lowest BCUT2D eigenvalue weighted by molar-refractivity contribution is -0.128. The van der Waals surface area contributed by atoms with Crippen LogP contribution in [0.15, 0.2) is 0 Å². The predicted molar refractivity (Wildman–Crippen MR) is 66.4 cm³/mol. The standard InChI is InChI=1S/C13H24N2O2/c1-3-17-7-8(2)15-13(16)11-9-4-5-10(6-9)12(11)14/h8-12H,3-7,14H2,1-2H3,(H,15,16). The minimum Gasteiger partial charge on any atom is -0.380 e. The minimum absolute atomic E-state index is 0.0397. The van der Waals surface area contributed by atoms with Gasteiger partial charge in [-0.2, -0.15) is 0 Å². The number of hydrogen-bond donors (Lipinski definition) is 2. The van der Waals surface area contributed by atoms with Gasteiger partial charge >= 0.3 is 0 Å². The second-order valence-electron chi connectivity index (χ2n) is 5.51. The van der Waals surface area contributed by atoms with E-state index in [-0.39, 0.29) is 23.9 Å². The molecule has 0 saturated heterocycles. The molecular weight excluding hydrogens is 216 g/mol. The first kappa shape index (κ1) is 12.8. The molecule has 2 rings (SSSR count). The molecule has 5 unspecified atom stereocenters. The molecule has 2 bridgehead atoms. The Morgan fingerprint density at radius 3 is 2.76 bits per heavy atom. The summed E-state index contributed by atoms with van der Waals surface area (Å²) in [6, 6.07) is 0.154. The average molecular weight is 240 g/mol. The Morgan fingerprint density at radius 2 is 2.18 bits per heavy atom. The van der Waals surface area contributed by atoms with Gasteiger partial charge in [0.25, 0.3) is 0 Å². The van der Waals surface area contributed by atoms with Crippen molar-refractivity contribution in [2.24, 2.45) is 23.5 Å². The fourth-order valence-electron chi connectivity index (χ4n) is 3.40. The Bertz CT molecular complexity index is 281. The summed E-state index contributed by atoms with van der Waals surface area (Å²) in [6.07, 6.45) is 3.54. The highest BCUT2D eigenvalue weighted by molar-refractivity contribution is 5.80. The zero-order valence-corrected chi connectivity index (χ0v) is 10.8. The molecule has 0 heterocycles. The third-order valence-electron chi connectivity index (χ3n) is 4.24. The summed E-state index contributed by atoms with van der Waals surface area (Å²) in [6.45, 7) is 5.21. The van der Waals surface area contributed by atoms with Crippen LogP contribution in [-0.4, -0.2) is 31.2 Å².